The molecule has 2 rings (SSSR count). The third-order valence-electron chi connectivity index (χ3n) is 2.48. The van der Waals surface area contributed by atoms with Gasteiger partial charge >= 0.3 is 0 Å². The summed E-state index contributed by atoms with van der Waals surface area (Å²) in [4.78, 5) is 15.4. The number of nitrogens with one attached hydrogen (secondary N) is 1. The first kappa shape index (κ1) is 15.1. The van der Waals surface area contributed by atoms with E-state index >= 15 is 0 Å². The van der Waals surface area contributed by atoms with E-state index < -0.39 is 5.97 Å². The molecule has 1 aromatic carbocycles. The van der Waals surface area contributed by atoms with Gasteiger partial charge in [0.15, 0.2) is 0 Å². The van der Waals surface area contributed by atoms with Crippen molar-refractivity contribution in [3.63, 3.8) is 0 Å². The van der Waals surface area contributed by atoms with Crippen LogP contribution in [0.15, 0.2) is 34.3 Å². The highest BCUT2D eigenvalue weighted by Crippen LogP contribution is 2.28. The summed E-state index contributed by atoms with van der Waals surface area (Å²) in [5, 5.41) is 18.2. The second-order valence-electron chi connectivity index (χ2n) is 4.07. The molecule has 0 saturated heterocycles. The summed E-state index contributed by atoms with van der Waals surface area (Å²) in [7, 11) is 0. The van der Waals surface area contributed by atoms with Crippen LogP contribution >= 0.6 is 11.8 Å². The van der Waals surface area contributed by atoms with Gasteiger partial charge in [-0.2, -0.15) is 0 Å². The molecule has 1 aromatic heterocycles. The molecule has 0 radical (unpaired) electrons. The number of H-pyrrole nitrogens is 1. The molecule has 6 nitrogen and oxygen atoms in total. The molecule has 0 aliphatic heterocycles. The summed E-state index contributed by atoms with van der Waals surface area (Å²) < 4.78 is 5.47. The van der Waals surface area contributed by atoms with E-state index in [-0.39, 0.29) is 4.91 Å². The smallest absolute Gasteiger partial charge is 0.213 e. The van der Waals surface area contributed by atoms with E-state index in [2.05, 4.69) is 15.2 Å². The lowest BCUT2D eigenvalue weighted by atomic mass is 10.2. The van der Waals surface area contributed by atoms with E-state index in [1.807, 2.05) is 19.1 Å². The number of rotatable bonds is 6. The summed E-state index contributed by atoms with van der Waals surface area (Å²) in [6.07, 6.45) is 1.50. The molecule has 2 aromatic rings. The molecule has 0 amide bonds. The summed E-state index contributed by atoms with van der Waals surface area (Å²) in [6, 6.07) is 7.19. The normalized spacial score (nSPS) is 11.4. The highest BCUT2D eigenvalue weighted by molar-refractivity contribution is 8.04. The van der Waals surface area contributed by atoms with E-state index in [1.165, 1.54) is 6.08 Å². The fourth-order valence-electron chi connectivity index (χ4n) is 1.62. The molecule has 0 atom stereocenters. The van der Waals surface area contributed by atoms with Crippen LogP contribution in [0.3, 0.4) is 0 Å². The van der Waals surface area contributed by atoms with Crippen LogP contribution in [-0.4, -0.2) is 27.8 Å². The number of para-hydroxylation sites is 1. The van der Waals surface area contributed by atoms with E-state index in [4.69, 9.17) is 4.74 Å². The number of carbonyl (C=O) groups is 1. The fourth-order valence-corrected chi connectivity index (χ4v) is 2.36. The Labute approximate surface area is 126 Å². The van der Waals surface area contributed by atoms with E-state index in [0.29, 0.717) is 28.9 Å². The number of benzene rings is 1. The summed E-state index contributed by atoms with van der Waals surface area (Å²) in [5.41, 5.74) is 0.665. The number of ether oxygens (including phenoxy) is 1. The first-order chi connectivity index (χ1) is 10.1. The largest absolute Gasteiger partial charge is 0.544 e. The minimum atomic E-state index is -1.28. The number of thioether (sulfide) groups is 1. The molecule has 0 fully saturated rings. The van der Waals surface area contributed by atoms with Crippen LogP contribution in [0.4, 0.5) is 0 Å². The van der Waals surface area contributed by atoms with Crippen molar-refractivity contribution < 1.29 is 14.6 Å². The topological polar surface area (TPSA) is 90.9 Å². The van der Waals surface area contributed by atoms with Crippen molar-refractivity contribution in [2.75, 3.05) is 6.61 Å². The number of carbonyl (C=O) groups excluding carboxylic acids is 1. The van der Waals surface area contributed by atoms with Crippen LogP contribution in [0.2, 0.25) is 0 Å². The highest BCUT2D eigenvalue weighted by Gasteiger charge is 2.09. The molecule has 0 aliphatic carbocycles. The predicted molar refractivity (Wildman–Crippen MR) is 77.6 cm³/mol. The summed E-state index contributed by atoms with van der Waals surface area (Å²) in [5.74, 6) is -0.0517. The minimum absolute atomic E-state index is 0.0150. The van der Waals surface area contributed by atoms with Crippen molar-refractivity contribution >= 4 is 23.8 Å². The van der Waals surface area contributed by atoms with Gasteiger partial charge in [0.2, 0.25) is 5.16 Å². The van der Waals surface area contributed by atoms with Crippen LogP contribution in [0, 0.1) is 6.92 Å². The monoisotopic (exact) mass is 304 g/mol. The number of nitrogens with zero attached hydrogens (tertiary/aromatic N) is 2. The Balaban J connectivity index is 2.31. The summed E-state index contributed by atoms with van der Waals surface area (Å²) in [6.45, 7) is 4.11. The van der Waals surface area contributed by atoms with Gasteiger partial charge in [-0.1, -0.05) is 18.2 Å². The zero-order valence-corrected chi connectivity index (χ0v) is 12.4. The SMILES string of the molecule is CCOc1ccccc1/C=C(\Sc1n[nH]c(C)n1)C(=O)[O-]. The average molecular weight is 304 g/mol. The second kappa shape index (κ2) is 6.94. The van der Waals surface area contributed by atoms with Gasteiger partial charge in [0, 0.05) is 10.5 Å². The van der Waals surface area contributed by atoms with Gasteiger partial charge in [-0.25, -0.2) is 4.98 Å². The zero-order chi connectivity index (χ0) is 15.2. The maximum absolute atomic E-state index is 11.3. The number of hydrogen-bond donors (Lipinski definition) is 1. The van der Waals surface area contributed by atoms with Crippen LogP contribution in [0.25, 0.3) is 6.08 Å². The molecule has 0 spiro atoms. The highest BCUT2D eigenvalue weighted by atomic mass is 32.2. The van der Waals surface area contributed by atoms with Crippen molar-refractivity contribution in [3.05, 3.63) is 40.6 Å². The van der Waals surface area contributed by atoms with Crippen LogP contribution in [-0.2, 0) is 4.79 Å². The van der Waals surface area contributed by atoms with Gasteiger partial charge < -0.3 is 14.6 Å². The van der Waals surface area contributed by atoms with Crippen molar-refractivity contribution in [1.29, 1.82) is 0 Å². The molecule has 0 saturated carbocycles. The molecular formula is C14H14N3O3S-. The lowest BCUT2D eigenvalue weighted by Gasteiger charge is -2.09. The lowest BCUT2D eigenvalue weighted by molar-refractivity contribution is -0.297. The minimum Gasteiger partial charge on any atom is -0.544 e. The Morgan fingerprint density at radius 1 is 1.48 bits per heavy atom. The molecule has 0 bridgehead atoms. The predicted octanol–water partition coefficient (Wildman–Crippen LogP) is 1.39. The number of aromatic nitrogens is 3. The van der Waals surface area contributed by atoms with Crippen molar-refractivity contribution in [2.45, 2.75) is 19.0 Å². The number of carboxylic acids is 1. The van der Waals surface area contributed by atoms with Gasteiger partial charge in [0.05, 0.1) is 12.6 Å². The van der Waals surface area contributed by atoms with Crippen LogP contribution in [0.1, 0.15) is 18.3 Å². The molecule has 1 heterocycles. The molecule has 0 unspecified atom stereocenters. The average Bonchev–Trinajstić information content (AvgIpc) is 2.86. The Morgan fingerprint density at radius 3 is 2.86 bits per heavy atom. The molecule has 7 heteroatoms. The molecule has 110 valence electrons. The number of carboxylic acid groups (broad SMARTS) is 1. The molecular weight excluding hydrogens is 290 g/mol. The summed E-state index contributed by atoms with van der Waals surface area (Å²) >= 11 is 0.929. The van der Waals surface area contributed by atoms with E-state index in [0.717, 1.165) is 11.8 Å². The third kappa shape index (κ3) is 4.09. The van der Waals surface area contributed by atoms with Gasteiger partial charge in [-0.05, 0) is 37.8 Å². The number of aliphatic carboxylic acids is 1. The second-order valence-corrected chi connectivity index (χ2v) is 5.08. The Morgan fingerprint density at radius 2 is 2.24 bits per heavy atom. The first-order valence-corrected chi connectivity index (χ1v) is 7.13. The Kier molecular flexibility index (Phi) is 4.99. The van der Waals surface area contributed by atoms with Gasteiger partial charge in [0.25, 0.3) is 0 Å². The van der Waals surface area contributed by atoms with Crippen molar-refractivity contribution in [3.8, 4) is 5.75 Å². The molecule has 1 N–H and O–H groups in total. The third-order valence-corrected chi connectivity index (χ3v) is 3.35. The van der Waals surface area contributed by atoms with Crippen molar-refractivity contribution in [2.24, 2.45) is 0 Å². The van der Waals surface area contributed by atoms with Gasteiger partial charge in [0.1, 0.15) is 11.6 Å². The Bertz CT molecular complexity index is 667. The number of hydrogen-bond acceptors (Lipinski definition) is 6. The van der Waals surface area contributed by atoms with Gasteiger partial charge in [-0.15, -0.1) is 5.10 Å². The Hall–Kier alpha value is -2.28. The number of aromatic amines is 1. The van der Waals surface area contributed by atoms with Crippen molar-refractivity contribution in [1.82, 2.24) is 15.2 Å². The first-order valence-electron chi connectivity index (χ1n) is 6.32. The quantitative estimate of drug-likeness (QED) is 0.640. The molecule has 0 aliphatic rings. The zero-order valence-electron chi connectivity index (χ0n) is 11.6. The fraction of sp³-hybridized carbons (Fsp3) is 0.214. The van der Waals surface area contributed by atoms with E-state index in [9.17, 15) is 9.90 Å². The standard InChI is InChI=1S/C14H15N3O3S/c1-3-20-11-7-5-4-6-10(11)8-12(13(18)19)21-14-15-9(2)16-17-14/h4-8H,3H2,1-2H3,(H,18,19)(H,15,16,17)/p-1/b12-8-. The van der Waals surface area contributed by atoms with Gasteiger partial charge in [-0.3, -0.25) is 5.10 Å². The van der Waals surface area contributed by atoms with Crippen LogP contribution in [0.5, 0.6) is 5.75 Å². The molecule has 21 heavy (non-hydrogen) atoms. The maximum Gasteiger partial charge on any atom is 0.213 e. The number of aryl methyl sites for hydroxylation is 1. The lowest BCUT2D eigenvalue weighted by Crippen LogP contribution is -2.23. The van der Waals surface area contributed by atoms with Crippen LogP contribution < -0.4 is 9.84 Å². The maximum atomic E-state index is 11.3. The van der Waals surface area contributed by atoms with E-state index in [1.54, 1.807) is 19.1 Å².